The first-order valence-corrected chi connectivity index (χ1v) is 9.45. The molecule has 0 unspecified atom stereocenters. The van der Waals surface area contributed by atoms with Gasteiger partial charge in [-0.05, 0) is 72.6 Å². The zero-order valence-electron chi connectivity index (χ0n) is 15.8. The van der Waals surface area contributed by atoms with E-state index >= 15 is 0 Å². The van der Waals surface area contributed by atoms with Gasteiger partial charge in [0.2, 0.25) is 0 Å². The maximum absolute atomic E-state index is 12.6. The molecule has 0 radical (unpaired) electrons. The lowest BCUT2D eigenvalue weighted by molar-refractivity contribution is -0.122. The summed E-state index contributed by atoms with van der Waals surface area (Å²) >= 11 is 0.899. The van der Waals surface area contributed by atoms with Gasteiger partial charge in [-0.1, -0.05) is 18.2 Å². The normalized spacial score (nSPS) is 15.2. The first-order valence-electron chi connectivity index (χ1n) is 8.64. The maximum atomic E-state index is 12.6. The third-order valence-electron chi connectivity index (χ3n) is 4.45. The van der Waals surface area contributed by atoms with E-state index in [-0.39, 0.29) is 17.8 Å². The van der Waals surface area contributed by atoms with Gasteiger partial charge in [0.1, 0.15) is 0 Å². The summed E-state index contributed by atoms with van der Waals surface area (Å²) in [5.41, 5.74) is 4.31. The zero-order chi connectivity index (χ0) is 20.3. The van der Waals surface area contributed by atoms with Gasteiger partial charge in [0, 0.05) is 5.69 Å². The minimum atomic E-state index is -0.427. The molecule has 0 saturated carbocycles. The van der Waals surface area contributed by atoms with Crippen molar-refractivity contribution < 1.29 is 19.1 Å². The van der Waals surface area contributed by atoms with E-state index in [2.05, 4.69) is 10.1 Å². The number of thioether (sulfide) groups is 1. The fourth-order valence-corrected chi connectivity index (χ4v) is 3.48. The van der Waals surface area contributed by atoms with Crippen LogP contribution in [0.3, 0.4) is 0 Å². The highest BCUT2D eigenvalue weighted by molar-refractivity contribution is 8.18. The molecule has 6 nitrogen and oxygen atoms in total. The number of imide groups is 1. The van der Waals surface area contributed by atoms with Crippen molar-refractivity contribution >= 4 is 40.6 Å². The summed E-state index contributed by atoms with van der Waals surface area (Å²) in [6, 6.07) is 12.5. The number of rotatable bonds is 5. The summed E-state index contributed by atoms with van der Waals surface area (Å²) in [7, 11) is 1.32. The minimum Gasteiger partial charge on any atom is -0.465 e. The number of hydrogen-bond acceptors (Lipinski definition) is 6. The highest BCUT2D eigenvalue weighted by Crippen LogP contribution is 2.32. The summed E-state index contributed by atoms with van der Waals surface area (Å²) in [4.78, 5) is 37.8. The lowest BCUT2D eigenvalue weighted by atomic mass is 10.1. The van der Waals surface area contributed by atoms with Crippen molar-refractivity contribution in [3.63, 3.8) is 0 Å². The van der Waals surface area contributed by atoms with Crippen LogP contribution in [0.4, 0.5) is 10.5 Å². The number of amides is 2. The van der Waals surface area contributed by atoms with Crippen LogP contribution in [0, 0.1) is 13.8 Å². The molecule has 1 aliphatic rings. The molecule has 0 aromatic heterocycles. The van der Waals surface area contributed by atoms with E-state index in [1.165, 1.54) is 17.6 Å². The summed E-state index contributed by atoms with van der Waals surface area (Å²) in [6.45, 7) is 4.14. The van der Waals surface area contributed by atoms with Crippen molar-refractivity contribution in [3.8, 4) is 0 Å². The molecule has 0 atom stereocenters. The second kappa shape index (κ2) is 8.31. The quantitative estimate of drug-likeness (QED) is 0.603. The average Bonchev–Trinajstić information content (AvgIpc) is 2.95. The van der Waals surface area contributed by atoms with Crippen LogP contribution in [0.1, 0.15) is 27.0 Å². The predicted molar refractivity (Wildman–Crippen MR) is 110 cm³/mol. The monoisotopic (exact) mass is 396 g/mol. The van der Waals surface area contributed by atoms with E-state index in [0.717, 1.165) is 28.6 Å². The van der Waals surface area contributed by atoms with Crippen LogP contribution in [0.25, 0.3) is 6.08 Å². The van der Waals surface area contributed by atoms with E-state index < -0.39 is 5.97 Å². The first kappa shape index (κ1) is 19.7. The maximum Gasteiger partial charge on any atom is 0.337 e. The van der Waals surface area contributed by atoms with E-state index in [4.69, 9.17) is 0 Å². The Hall–Kier alpha value is -3.06. The van der Waals surface area contributed by atoms with Crippen LogP contribution in [0.2, 0.25) is 0 Å². The number of hydrogen-bond donors (Lipinski definition) is 1. The van der Waals surface area contributed by atoms with Crippen LogP contribution >= 0.6 is 11.8 Å². The Labute approximate surface area is 167 Å². The Kier molecular flexibility index (Phi) is 5.84. The van der Waals surface area contributed by atoms with Gasteiger partial charge in [-0.3, -0.25) is 14.5 Å². The third kappa shape index (κ3) is 4.26. The van der Waals surface area contributed by atoms with Crippen molar-refractivity contribution in [2.75, 3.05) is 19.1 Å². The lowest BCUT2D eigenvalue weighted by Crippen LogP contribution is -2.33. The van der Waals surface area contributed by atoms with Gasteiger partial charge >= 0.3 is 5.97 Å². The van der Waals surface area contributed by atoms with Crippen molar-refractivity contribution in [2.24, 2.45) is 0 Å². The average molecular weight is 396 g/mol. The molecule has 7 heteroatoms. The SMILES string of the molecule is COC(=O)c1ccc(/C=C2\SC(=O)N(CNc3ccc(C)c(C)c3)C2=O)cc1. The molecule has 0 bridgehead atoms. The summed E-state index contributed by atoms with van der Waals surface area (Å²) in [5.74, 6) is -0.771. The molecule has 1 aliphatic heterocycles. The van der Waals surface area contributed by atoms with Crippen LogP contribution < -0.4 is 5.32 Å². The number of esters is 1. The minimum absolute atomic E-state index is 0.103. The molecule has 2 amide bonds. The van der Waals surface area contributed by atoms with Gasteiger partial charge in [0.05, 0.1) is 24.2 Å². The fourth-order valence-electron chi connectivity index (χ4n) is 2.64. The number of nitrogens with one attached hydrogen (secondary N) is 1. The van der Waals surface area contributed by atoms with Crippen molar-refractivity contribution in [1.29, 1.82) is 0 Å². The molecule has 2 aromatic carbocycles. The van der Waals surface area contributed by atoms with Crippen LogP contribution in [0.5, 0.6) is 0 Å². The highest BCUT2D eigenvalue weighted by atomic mass is 32.2. The number of carbonyl (C=O) groups excluding carboxylic acids is 3. The van der Waals surface area contributed by atoms with Crippen LogP contribution in [0.15, 0.2) is 47.4 Å². The van der Waals surface area contributed by atoms with E-state index in [1.807, 2.05) is 32.0 Å². The Bertz CT molecular complexity index is 967. The lowest BCUT2D eigenvalue weighted by Gasteiger charge is -2.15. The number of methoxy groups -OCH3 is 1. The summed E-state index contributed by atoms with van der Waals surface area (Å²) in [5, 5.41) is 2.80. The molecule has 28 heavy (non-hydrogen) atoms. The highest BCUT2D eigenvalue weighted by Gasteiger charge is 2.34. The number of benzene rings is 2. The Balaban J connectivity index is 1.69. The molecule has 1 saturated heterocycles. The number of aryl methyl sites for hydroxylation is 2. The predicted octanol–water partition coefficient (Wildman–Crippen LogP) is 4.20. The van der Waals surface area contributed by atoms with Gasteiger partial charge in [-0.15, -0.1) is 0 Å². The van der Waals surface area contributed by atoms with E-state index in [9.17, 15) is 14.4 Å². The number of anilines is 1. The molecular weight excluding hydrogens is 376 g/mol. The van der Waals surface area contributed by atoms with Crippen LogP contribution in [-0.4, -0.2) is 35.8 Å². The van der Waals surface area contributed by atoms with Gasteiger partial charge in [-0.2, -0.15) is 0 Å². The molecule has 1 fully saturated rings. The van der Waals surface area contributed by atoms with Gasteiger partial charge in [-0.25, -0.2) is 4.79 Å². The second-order valence-electron chi connectivity index (χ2n) is 6.36. The van der Waals surface area contributed by atoms with Crippen molar-refractivity contribution in [3.05, 3.63) is 69.6 Å². The first-order chi connectivity index (χ1) is 13.4. The van der Waals surface area contributed by atoms with Gasteiger partial charge in [0.25, 0.3) is 11.1 Å². The number of ether oxygens (including phenoxy) is 1. The molecule has 144 valence electrons. The smallest absolute Gasteiger partial charge is 0.337 e. The van der Waals surface area contributed by atoms with Crippen molar-refractivity contribution in [2.45, 2.75) is 13.8 Å². The Morgan fingerprint density at radius 3 is 2.46 bits per heavy atom. The Morgan fingerprint density at radius 2 is 1.82 bits per heavy atom. The van der Waals surface area contributed by atoms with Gasteiger partial charge < -0.3 is 10.1 Å². The molecule has 0 aliphatic carbocycles. The summed E-state index contributed by atoms with van der Waals surface area (Å²) in [6.07, 6.45) is 1.64. The molecule has 1 N–H and O–H groups in total. The largest absolute Gasteiger partial charge is 0.465 e. The second-order valence-corrected chi connectivity index (χ2v) is 7.35. The molecule has 2 aromatic rings. The molecule has 1 heterocycles. The number of carbonyl (C=O) groups is 3. The topological polar surface area (TPSA) is 75.7 Å². The molecule has 3 rings (SSSR count). The standard InChI is InChI=1S/C21H20N2O4S/c1-13-4-9-17(10-14(13)2)22-12-23-19(24)18(28-21(23)26)11-15-5-7-16(8-6-15)20(25)27-3/h4-11,22H,12H2,1-3H3/b18-11-. The molecule has 0 spiro atoms. The fraction of sp³-hybridized carbons (Fsp3) is 0.190. The summed E-state index contributed by atoms with van der Waals surface area (Å²) < 4.78 is 4.66. The van der Waals surface area contributed by atoms with E-state index in [0.29, 0.717) is 10.5 Å². The Morgan fingerprint density at radius 1 is 1.11 bits per heavy atom. The van der Waals surface area contributed by atoms with Gasteiger partial charge in [0.15, 0.2) is 0 Å². The van der Waals surface area contributed by atoms with Crippen LogP contribution in [-0.2, 0) is 9.53 Å². The van der Waals surface area contributed by atoms with Crippen molar-refractivity contribution in [1.82, 2.24) is 4.90 Å². The number of nitrogens with zero attached hydrogens (tertiary/aromatic N) is 1. The zero-order valence-corrected chi connectivity index (χ0v) is 16.6. The van der Waals surface area contributed by atoms with E-state index in [1.54, 1.807) is 30.3 Å². The third-order valence-corrected chi connectivity index (χ3v) is 5.36. The molecular formula is C21H20N2O4S.